The first-order valence-electron chi connectivity index (χ1n) is 7.40. The number of benzene rings is 1. The van der Waals surface area contributed by atoms with Gasteiger partial charge in [0, 0.05) is 13.0 Å². The van der Waals surface area contributed by atoms with Gasteiger partial charge in [-0.3, -0.25) is 9.59 Å². The molecular weight excluding hydrogens is 266 g/mol. The molecule has 1 aromatic rings. The lowest BCUT2D eigenvalue weighted by molar-refractivity contribution is -0.134. The van der Waals surface area contributed by atoms with Gasteiger partial charge in [0.15, 0.2) is 0 Å². The number of anilines is 2. The molecule has 5 heteroatoms. The molecule has 0 spiro atoms. The summed E-state index contributed by atoms with van der Waals surface area (Å²) in [5, 5.41) is 2.82. The average Bonchev–Trinajstić information content (AvgIpc) is 2.59. The van der Waals surface area contributed by atoms with Crippen LogP contribution in [0.4, 0.5) is 11.4 Å². The topological polar surface area (TPSA) is 75.4 Å². The van der Waals surface area contributed by atoms with Crippen LogP contribution < -0.4 is 11.1 Å². The number of nitrogens with two attached hydrogens (primary N) is 1. The number of aryl methyl sites for hydroxylation is 1. The standard InChI is InChI=1S/C16H23N3O2/c1-11-6-7-15(21)19(9-8-11)10-14(20)18-16-12(2)4-3-5-13(16)17/h3-5,11H,6-10,17H2,1-2H3,(H,18,20). The van der Waals surface area contributed by atoms with Crippen molar-refractivity contribution >= 4 is 23.2 Å². The van der Waals surface area contributed by atoms with E-state index in [1.54, 1.807) is 11.0 Å². The monoisotopic (exact) mass is 289 g/mol. The first-order chi connectivity index (χ1) is 9.97. The van der Waals surface area contributed by atoms with E-state index in [4.69, 9.17) is 5.73 Å². The van der Waals surface area contributed by atoms with E-state index in [9.17, 15) is 9.59 Å². The van der Waals surface area contributed by atoms with Crippen LogP contribution in [-0.4, -0.2) is 29.8 Å². The zero-order chi connectivity index (χ0) is 15.4. The van der Waals surface area contributed by atoms with Crippen LogP contribution in [0, 0.1) is 12.8 Å². The summed E-state index contributed by atoms with van der Waals surface area (Å²) in [7, 11) is 0. The van der Waals surface area contributed by atoms with Crippen molar-refractivity contribution in [1.82, 2.24) is 4.90 Å². The highest BCUT2D eigenvalue weighted by atomic mass is 16.2. The summed E-state index contributed by atoms with van der Waals surface area (Å²) in [6, 6.07) is 5.49. The predicted octanol–water partition coefficient (Wildman–Crippen LogP) is 2.16. The summed E-state index contributed by atoms with van der Waals surface area (Å²) < 4.78 is 0. The third-order valence-corrected chi connectivity index (χ3v) is 4.00. The smallest absolute Gasteiger partial charge is 0.244 e. The molecule has 114 valence electrons. The van der Waals surface area contributed by atoms with E-state index < -0.39 is 0 Å². The lowest BCUT2D eigenvalue weighted by Gasteiger charge is -2.20. The summed E-state index contributed by atoms with van der Waals surface area (Å²) in [6.45, 7) is 4.78. The maximum atomic E-state index is 12.2. The molecule has 3 N–H and O–H groups in total. The van der Waals surface area contributed by atoms with Gasteiger partial charge in [-0.1, -0.05) is 19.1 Å². The second kappa shape index (κ2) is 6.61. The van der Waals surface area contributed by atoms with Crippen LogP contribution >= 0.6 is 0 Å². The van der Waals surface area contributed by atoms with Gasteiger partial charge >= 0.3 is 0 Å². The van der Waals surface area contributed by atoms with Gasteiger partial charge in [0.25, 0.3) is 0 Å². The van der Waals surface area contributed by atoms with Crippen LogP contribution in [0.3, 0.4) is 0 Å². The molecule has 2 rings (SSSR count). The van der Waals surface area contributed by atoms with Gasteiger partial charge in [0.2, 0.25) is 11.8 Å². The Morgan fingerprint density at radius 3 is 2.90 bits per heavy atom. The molecule has 1 heterocycles. The van der Waals surface area contributed by atoms with Crippen LogP contribution in [0.25, 0.3) is 0 Å². The van der Waals surface area contributed by atoms with Crippen molar-refractivity contribution < 1.29 is 9.59 Å². The maximum Gasteiger partial charge on any atom is 0.244 e. The highest BCUT2D eigenvalue weighted by molar-refractivity contribution is 5.97. The van der Waals surface area contributed by atoms with Gasteiger partial charge in [0.05, 0.1) is 17.9 Å². The molecule has 5 nitrogen and oxygen atoms in total. The molecule has 1 atom stereocenters. The number of hydrogen-bond donors (Lipinski definition) is 2. The normalized spacial score (nSPS) is 19.2. The number of amides is 2. The van der Waals surface area contributed by atoms with Gasteiger partial charge < -0.3 is 16.0 Å². The Morgan fingerprint density at radius 1 is 1.43 bits per heavy atom. The van der Waals surface area contributed by atoms with Crippen LogP contribution in [0.2, 0.25) is 0 Å². The molecule has 0 bridgehead atoms. The number of nitrogen functional groups attached to an aromatic ring is 1. The molecule has 0 aliphatic carbocycles. The third-order valence-electron chi connectivity index (χ3n) is 4.00. The fraction of sp³-hybridized carbons (Fsp3) is 0.500. The van der Waals surface area contributed by atoms with Gasteiger partial charge in [-0.15, -0.1) is 0 Å². The first kappa shape index (κ1) is 15.4. The SMILES string of the molecule is Cc1cccc(N)c1NC(=O)CN1CCC(C)CCC1=O. The summed E-state index contributed by atoms with van der Waals surface area (Å²) in [5.41, 5.74) is 7.97. The predicted molar refractivity (Wildman–Crippen MR) is 83.8 cm³/mol. The van der Waals surface area contributed by atoms with Crippen LogP contribution in [0.1, 0.15) is 31.7 Å². The van der Waals surface area contributed by atoms with Crippen molar-refractivity contribution in [3.8, 4) is 0 Å². The van der Waals surface area contributed by atoms with E-state index in [0.717, 1.165) is 18.4 Å². The molecule has 1 unspecified atom stereocenters. The summed E-state index contributed by atoms with van der Waals surface area (Å²) in [4.78, 5) is 25.8. The highest BCUT2D eigenvalue weighted by Crippen LogP contribution is 2.23. The van der Waals surface area contributed by atoms with Crippen LogP contribution in [-0.2, 0) is 9.59 Å². The van der Waals surface area contributed by atoms with E-state index in [0.29, 0.717) is 30.3 Å². The number of hydrogen-bond acceptors (Lipinski definition) is 3. The molecule has 1 aliphatic heterocycles. The van der Waals surface area contributed by atoms with E-state index in [1.165, 1.54) is 0 Å². The molecule has 1 aliphatic rings. The molecule has 21 heavy (non-hydrogen) atoms. The van der Waals surface area contributed by atoms with Gasteiger partial charge in [-0.2, -0.15) is 0 Å². The average molecular weight is 289 g/mol. The van der Waals surface area contributed by atoms with Crippen LogP contribution in [0.15, 0.2) is 18.2 Å². The molecule has 1 aromatic carbocycles. The van der Waals surface area contributed by atoms with Crippen molar-refractivity contribution in [2.24, 2.45) is 5.92 Å². The minimum atomic E-state index is -0.195. The number of nitrogens with zero attached hydrogens (tertiary/aromatic N) is 1. The van der Waals surface area contributed by atoms with Crippen molar-refractivity contribution in [2.45, 2.75) is 33.1 Å². The lowest BCUT2D eigenvalue weighted by atomic mass is 10.0. The molecule has 1 saturated heterocycles. The number of rotatable bonds is 3. The van der Waals surface area contributed by atoms with Gasteiger partial charge in [-0.25, -0.2) is 0 Å². The number of nitrogens with one attached hydrogen (secondary N) is 1. The van der Waals surface area contributed by atoms with Crippen molar-refractivity contribution in [2.75, 3.05) is 24.1 Å². The minimum Gasteiger partial charge on any atom is -0.397 e. The fourth-order valence-corrected chi connectivity index (χ4v) is 2.55. The molecule has 0 radical (unpaired) electrons. The molecule has 0 saturated carbocycles. The van der Waals surface area contributed by atoms with Crippen molar-refractivity contribution in [1.29, 1.82) is 0 Å². The van der Waals surface area contributed by atoms with Crippen molar-refractivity contribution in [3.63, 3.8) is 0 Å². The second-order valence-corrected chi connectivity index (χ2v) is 5.84. The maximum absolute atomic E-state index is 12.2. The Morgan fingerprint density at radius 2 is 2.19 bits per heavy atom. The summed E-state index contributed by atoms with van der Waals surface area (Å²) >= 11 is 0. The Bertz CT molecular complexity index is 522. The Balaban J connectivity index is 1.99. The van der Waals surface area contributed by atoms with E-state index in [1.807, 2.05) is 19.1 Å². The fourth-order valence-electron chi connectivity index (χ4n) is 2.55. The van der Waals surface area contributed by atoms with Crippen molar-refractivity contribution in [3.05, 3.63) is 23.8 Å². The Labute approximate surface area is 125 Å². The zero-order valence-corrected chi connectivity index (χ0v) is 12.7. The summed E-state index contributed by atoms with van der Waals surface area (Å²) in [6.07, 6.45) is 2.38. The van der Waals surface area contributed by atoms with Crippen LogP contribution in [0.5, 0.6) is 0 Å². The number of carbonyl (C=O) groups excluding carboxylic acids is 2. The Kier molecular flexibility index (Phi) is 4.83. The molecule has 1 fully saturated rings. The zero-order valence-electron chi connectivity index (χ0n) is 12.7. The second-order valence-electron chi connectivity index (χ2n) is 5.84. The van der Waals surface area contributed by atoms with E-state index in [2.05, 4.69) is 12.2 Å². The molecule has 2 amide bonds. The third kappa shape index (κ3) is 3.97. The van der Waals surface area contributed by atoms with Gasteiger partial charge in [-0.05, 0) is 37.3 Å². The number of likely N-dealkylation sites (tertiary alicyclic amines) is 1. The quantitative estimate of drug-likeness (QED) is 0.837. The van der Waals surface area contributed by atoms with E-state index >= 15 is 0 Å². The minimum absolute atomic E-state index is 0.0623. The highest BCUT2D eigenvalue weighted by Gasteiger charge is 2.22. The molecule has 0 aromatic heterocycles. The van der Waals surface area contributed by atoms with E-state index in [-0.39, 0.29) is 18.4 Å². The number of carbonyl (C=O) groups is 2. The summed E-state index contributed by atoms with van der Waals surface area (Å²) in [5.74, 6) is 0.403. The largest absolute Gasteiger partial charge is 0.397 e. The number of para-hydroxylation sites is 1. The molecular formula is C16H23N3O2. The van der Waals surface area contributed by atoms with Gasteiger partial charge in [0.1, 0.15) is 0 Å². The Hall–Kier alpha value is -2.04. The lowest BCUT2D eigenvalue weighted by Crippen LogP contribution is -2.37. The first-order valence-corrected chi connectivity index (χ1v) is 7.40.